The SMILES string of the molecule is O=C1C(=O)c2ccccc2C(O)=C1Nc1ccccc1F. The Morgan fingerprint density at radius 2 is 1.48 bits per heavy atom. The van der Waals surface area contributed by atoms with Gasteiger partial charge in [0, 0.05) is 11.1 Å². The average Bonchev–Trinajstić information content (AvgIpc) is 2.51. The molecule has 0 saturated carbocycles. The number of benzene rings is 2. The smallest absolute Gasteiger partial charge is 0.253 e. The maximum atomic E-state index is 13.6. The van der Waals surface area contributed by atoms with Crippen LogP contribution in [0.25, 0.3) is 5.76 Å². The summed E-state index contributed by atoms with van der Waals surface area (Å²) in [5, 5.41) is 12.7. The van der Waals surface area contributed by atoms with Crippen molar-refractivity contribution in [1.82, 2.24) is 0 Å². The van der Waals surface area contributed by atoms with Crippen molar-refractivity contribution in [3.63, 3.8) is 0 Å². The maximum absolute atomic E-state index is 13.6. The molecule has 0 unspecified atom stereocenters. The number of aliphatic hydroxyl groups is 1. The molecule has 0 heterocycles. The largest absolute Gasteiger partial charge is 0.505 e. The molecule has 2 aromatic carbocycles. The lowest BCUT2D eigenvalue weighted by molar-refractivity contribution is -0.111. The Kier molecular flexibility index (Phi) is 3.02. The number of hydrogen-bond acceptors (Lipinski definition) is 4. The Bertz CT molecular complexity index is 796. The summed E-state index contributed by atoms with van der Waals surface area (Å²) in [6.45, 7) is 0. The van der Waals surface area contributed by atoms with Crippen LogP contribution >= 0.6 is 0 Å². The molecular formula is C16H10FNO3. The van der Waals surface area contributed by atoms with Gasteiger partial charge in [0.2, 0.25) is 5.78 Å². The van der Waals surface area contributed by atoms with Gasteiger partial charge in [-0.15, -0.1) is 0 Å². The normalized spacial score (nSPS) is 14.1. The number of carbonyl (C=O) groups excluding carboxylic acids is 2. The second-order valence-electron chi connectivity index (χ2n) is 4.53. The fourth-order valence-corrected chi connectivity index (χ4v) is 2.18. The Morgan fingerprint density at radius 1 is 0.857 bits per heavy atom. The summed E-state index contributed by atoms with van der Waals surface area (Å²) in [4.78, 5) is 24.1. The third kappa shape index (κ3) is 2.08. The van der Waals surface area contributed by atoms with E-state index in [9.17, 15) is 19.1 Å². The van der Waals surface area contributed by atoms with E-state index in [1.165, 1.54) is 30.3 Å². The second kappa shape index (κ2) is 4.86. The fourth-order valence-electron chi connectivity index (χ4n) is 2.18. The Hall–Kier alpha value is -2.95. The number of para-hydroxylation sites is 1. The van der Waals surface area contributed by atoms with E-state index in [0.29, 0.717) is 0 Å². The van der Waals surface area contributed by atoms with E-state index in [1.54, 1.807) is 18.2 Å². The molecule has 0 aromatic heterocycles. The van der Waals surface area contributed by atoms with Gasteiger partial charge in [0.25, 0.3) is 5.78 Å². The van der Waals surface area contributed by atoms with Crippen molar-refractivity contribution < 1.29 is 19.1 Å². The number of anilines is 1. The predicted molar refractivity (Wildman–Crippen MR) is 75.4 cm³/mol. The summed E-state index contributed by atoms with van der Waals surface area (Å²) in [6.07, 6.45) is 0. The number of ketones is 2. The highest BCUT2D eigenvalue weighted by molar-refractivity contribution is 6.52. The van der Waals surface area contributed by atoms with Crippen molar-refractivity contribution >= 4 is 23.0 Å². The van der Waals surface area contributed by atoms with Gasteiger partial charge in [0.05, 0.1) is 5.69 Å². The zero-order valence-electron chi connectivity index (χ0n) is 10.8. The Morgan fingerprint density at radius 3 is 2.19 bits per heavy atom. The maximum Gasteiger partial charge on any atom is 0.253 e. The van der Waals surface area contributed by atoms with Crippen LogP contribution in [0, 0.1) is 5.82 Å². The van der Waals surface area contributed by atoms with Crippen molar-refractivity contribution in [2.24, 2.45) is 0 Å². The van der Waals surface area contributed by atoms with Gasteiger partial charge < -0.3 is 10.4 Å². The topological polar surface area (TPSA) is 66.4 Å². The van der Waals surface area contributed by atoms with Gasteiger partial charge >= 0.3 is 0 Å². The minimum atomic E-state index is -0.894. The molecule has 0 bridgehead atoms. The zero-order valence-corrected chi connectivity index (χ0v) is 10.8. The summed E-state index contributed by atoms with van der Waals surface area (Å²) in [5.74, 6) is -2.58. The van der Waals surface area contributed by atoms with Crippen molar-refractivity contribution in [3.8, 4) is 0 Å². The third-order valence-corrected chi connectivity index (χ3v) is 3.23. The number of hydrogen-bond donors (Lipinski definition) is 2. The summed E-state index contributed by atoms with van der Waals surface area (Å²) >= 11 is 0. The molecule has 0 radical (unpaired) electrons. The highest BCUT2D eigenvalue weighted by atomic mass is 19.1. The van der Waals surface area contributed by atoms with E-state index in [-0.39, 0.29) is 28.3 Å². The van der Waals surface area contributed by atoms with Crippen LogP contribution in [-0.4, -0.2) is 16.7 Å². The van der Waals surface area contributed by atoms with E-state index < -0.39 is 17.4 Å². The van der Waals surface area contributed by atoms with Crippen LogP contribution in [0.15, 0.2) is 54.2 Å². The van der Waals surface area contributed by atoms with Gasteiger partial charge in [-0.05, 0) is 12.1 Å². The number of carbonyl (C=O) groups is 2. The molecule has 1 aliphatic carbocycles. The summed E-state index contributed by atoms with van der Waals surface area (Å²) in [6, 6.07) is 11.9. The third-order valence-electron chi connectivity index (χ3n) is 3.23. The second-order valence-corrected chi connectivity index (χ2v) is 4.53. The van der Waals surface area contributed by atoms with E-state index in [4.69, 9.17) is 0 Å². The van der Waals surface area contributed by atoms with Gasteiger partial charge in [0.15, 0.2) is 5.76 Å². The predicted octanol–water partition coefficient (Wildman–Crippen LogP) is 2.93. The lowest BCUT2D eigenvalue weighted by Gasteiger charge is -2.18. The molecule has 0 saturated heterocycles. The van der Waals surface area contributed by atoms with Crippen LogP contribution in [0.2, 0.25) is 0 Å². The van der Waals surface area contributed by atoms with Crippen molar-refractivity contribution in [2.45, 2.75) is 0 Å². The minimum absolute atomic E-state index is 0.0135. The molecule has 0 spiro atoms. The first-order chi connectivity index (χ1) is 10.1. The molecule has 0 amide bonds. The highest BCUT2D eigenvalue weighted by Crippen LogP contribution is 2.28. The van der Waals surface area contributed by atoms with Crippen LogP contribution < -0.4 is 5.32 Å². The number of nitrogens with one attached hydrogen (secondary N) is 1. The molecule has 4 nitrogen and oxygen atoms in total. The van der Waals surface area contributed by atoms with Gasteiger partial charge in [-0.1, -0.05) is 36.4 Å². The van der Waals surface area contributed by atoms with Crippen LogP contribution in [0.1, 0.15) is 15.9 Å². The first-order valence-corrected chi connectivity index (χ1v) is 6.23. The average molecular weight is 283 g/mol. The summed E-state index contributed by atoms with van der Waals surface area (Å²) < 4.78 is 13.6. The quantitative estimate of drug-likeness (QED) is 0.832. The van der Waals surface area contributed by atoms with E-state index >= 15 is 0 Å². The van der Waals surface area contributed by atoms with Crippen LogP contribution in [0.5, 0.6) is 0 Å². The van der Waals surface area contributed by atoms with Crippen LogP contribution in [0.3, 0.4) is 0 Å². The van der Waals surface area contributed by atoms with Gasteiger partial charge in [0.1, 0.15) is 11.5 Å². The van der Waals surface area contributed by atoms with Crippen LogP contribution in [-0.2, 0) is 4.79 Å². The lowest BCUT2D eigenvalue weighted by Crippen LogP contribution is -2.28. The zero-order chi connectivity index (χ0) is 15.0. The number of fused-ring (bicyclic) bond motifs is 1. The molecule has 5 heteroatoms. The van der Waals surface area contributed by atoms with Crippen molar-refractivity contribution in [3.05, 3.63) is 71.2 Å². The fraction of sp³-hybridized carbons (Fsp3) is 0. The molecular weight excluding hydrogens is 273 g/mol. The number of halogens is 1. The first-order valence-electron chi connectivity index (χ1n) is 6.23. The molecule has 2 N–H and O–H groups in total. The molecule has 0 aliphatic heterocycles. The minimum Gasteiger partial charge on any atom is -0.505 e. The molecule has 3 rings (SSSR count). The molecule has 1 aliphatic rings. The highest BCUT2D eigenvalue weighted by Gasteiger charge is 2.33. The van der Waals surface area contributed by atoms with Gasteiger partial charge in [-0.2, -0.15) is 0 Å². The number of allylic oxidation sites excluding steroid dienone is 1. The first kappa shape index (κ1) is 13.1. The lowest BCUT2D eigenvalue weighted by atomic mass is 9.91. The molecule has 0 atom stereocenters. The van der Waals surface area contributed by atoms with Gasteiger partial charge in [-0.3, -0.25) is 9.59 Å². The Balaban J connectivity index is 2.12. The summed E-state index contributed by atoms with van der Waals surface area (Å²) in [5.41, 5.74) is 0.0865. The van der Waals surface area contributed by atoms with E-state index in [1.807, 2.05) is 0 Å². The van der Waals surface area contributed by atoms with Crippen molar-refractivity contribution in [2.75, 3.05) is 5.32 Å². The van der Waals surface area contributed by atoms with Gasteiger partial charge in [-0.25, -0.2) is 4.39 Å². The standard InChI is InChI=1S/C16H10FNO3/c17-11-7-3-4-8-12(11)18-13-14(19)9-5-1-2-6-10(9)15(20)16(13)21/h1-8,18-19H. The number of Topliss-reactive ketones (excluding diaryl/α,β-unsaturated/α-hetero) is 2. The molecule has 0 fully saturated rings. The molecule has 21 heavy (non-hydrogen) atoms. The Labute approximate surface area is 119 Å². The monoisotopic (exact) mass is 283 g/mol. The molecule has 104 valence electrons. The molecule has 2 aromatic rings. The van der Waals surface area contributed by atoms with Crippen molar-refractivity contribution in [1.29, 1.82) is 0 Å². The van der Waals surface area contributed by atoms with E-state index in [2.05, 4.69) is 5.32 Å². The summed E-state index contributed by atoms with van der Waals surface area (Å²) in [7, 11) is 0. The number of aliphatic hydroxyl groups excluding tert-OH is 1. The van der Waals surface area contributed by atoms with E-state index in [0.717, 1.165) is 0 Å². The number of rotatable bonds is 2. The van der Waals surface area contributed by atoms with Crippen LogP contribution in [0.4, 0.5) is 10.1 Å².